The van der Waals surface area contributed by atoms with E-state index in [2.05, 4.69) is 0 Å². The van der Waals surface area contributed by atoms with Crippen molar-refractivity contribution in [3.8, 4) is 0 Å². The number of rotatable bonds is 5. The highest BCUT2D eigenvalue weighted by molar-refractivity contribution is 7.12. The zero-order chi connectivity index (χ0) is 11.3. The van der Waals surface area contributed by atoms with Gasteiger partial charge in [0.15, 0.2) is 0 Å². The zero-order valence-electron chi connectivity index (χ0n) is 7.83. The fraction of sp³-hybridized carbons (Fsp3) is 0.444. The molecule has 0 fully saturated rings. The first kappa shape index (κ1) is 12.4. The molecule has 0 saturated heterocycles. The van der Waals surface area contributed by atoms with Crippen molar-refractivity contribution < 1.29 is 13.6 Å². The van der Waals surface area contributed by atoms with Crippen LogP contribution in [0.3, 0.4) is 0 Å². The Labute approximate surface area is 95.5 Å². The first-order chi connectivity index (χ1) is 7.15. The molecule has 1 aromatic heterocycles. The normalized spacial score (nSPS) is 10.7. The molecule has 0 N–H and O–H groups in total. The van der Waals surface area contributed by atoms with E-state index in [1.54, 1.807) is 17.5 Å². The third kappa shape index (κ3) is 3.76. The van der Waals surface area contributed by atoms with Crippen molar-refractivity contribution in [2.75, 3.05) is 19.0 Å². The Morgan fingerprint density at radius 2 is 2.33 bits per heavy atom. The summed E-state index contributed by atoms with van der Waals surface area (Å²) in [7, 11) is 0. The second kappa shape index (κ2) is 6.02. The number of alkyl halides is 3. The molecule has 84 valence electrons. The molecule has 0 atom stereocenters. The molecule has 1 amide bonds. The molecule has 0 radical (unpaired) electrons. The molecule has 0 aliphatic carbocycles. The minimum absolute atomic E-state index is 0.141. The highest BCUT2D eigenvalue weighted by Gasteiger charge is 2.19. The number of halogens is 3. The fourth-order valence-electron chi connectivity index (χ4n) is 1.10. The van der Waals surface area contributed by atoms with E-state index in [0.29, 0.717) is 4.88 Å². The van der Waals surface area contributed by atoms with Crippen LogP contribution in [0.2, 0.25) is 0 Å². The van der Waals surface area contributed by atoms with E-state index in [4.69, 9.17) is 11.6 Å². The van der Waals surface area contributed by atoms with Gasteiger partial charge in [0, 0.05) is 12.4 Å². The van der Waals surface area contributed by atoms with Crippen molar-refractivity contribution in [3.63, 3.8) is 0 Å². The molecule has 0 spiro atoms. The van der Waals surface area contributed by atoms with Crippen molar-refractivity contribution >= 4 is 28.8 Å². The van der Waals surface area contributed by atoms with E-state index in [-0.39, 0.29) is 18.3 Å². The summed E-state index contributed by atoms with van der Waals surface area (Å²) >= 11 is 6.68. The van der Waals surface area contributed by atoms with Gasteiger partial charge in [-0.1, -0.05) is 6.07 Å². The molecule has 0 saturated carbocycles. The van der Waals surface area contributed by atoms with Crippen molar-refractivity contribution in [1.82, 2.24) is 4.90 Å². The summed E-state index contributed by atoms with van der Waals surface area (Å²) in [5.74, 6) is -0.227. The number of nitrogens with zero attached hydrogens (tertiary/aromatic N) is 1. The average molecular weight is 254 g/mol. The maximum absolute atomic E-state index is 12.2. The lowest BCUT2D eigenvalue weighted by Gasteiger charge is -2.20. The topological polar surface area (TPSA) is 20.3 Å². The van der Waals surface area contributed by atoms with Crippen LogP contribution in [-0.2, 0) is 0 Å². The first-order valence-corrected chi connectivity index (χ1v) is 5.73. The second-order valence-electron chi connectivity index (χ2n) is 2.81. The molecule has 0 aliphatic rings. The van der Waals surface area contributed by atoms with Crippen molar-refractivity contribution in [1.29, 1.82) is 0 Å². The van der Waals surface area contributed by atoms with Gasteiger partial charge in [-0.3, -0.25) is 4.79 Å². The Bertz CT molecular complexity index is 305. The van der Waals surface area contributed by atoms with E-state index in [1.165, 1.54) is 11.3 Å². The number of amides is 1. The van der Waals surface area contributed by atoms with E-state index in [9.17, 15) is 13.6 Å². The van der Waals surface area contributed by atoms with Gasteiger partial charge in [-0.05, 0) is 11.4 Å². The van der Waals surface area contributed by atoms with E-state index < -0.39 is 13.0 Å². The highest BCUT2D eigenvalue weighted by atomic mass is 35.5. The lowest BCUT2D eigenvalue weighted by Crippen LogP contribution is -2.36. The van der Waals surface area contributed by atoms with Crippen LogP contribution in [0.1, 0.15) is 9.67 Å². The largest absolute Gasteiger partial charge is 0.331 e. The number of carbonyl (C=O) groups is 1. The van der Waals surface area contributed by atoms with E-state index >= 15 is 0 Å². The number of hydrogen-bond acceptors (Lipinski definition) is 2. The van der Waals surface area contributed by atoms with Gasteiger partial charge in [-0.2, -0.15) is 0 Å². The summed E-state index contributed by atoms with van der Waals surface area (Å²) in [5, 5.41) is 1.73. The van der Waals surface area contributed by atoms with Gasteiger partial charge >= 0.3 is 0 Å². The van der Waals surface area contributed by atoms with Crippen molar-refractivity contribution in [3.05, 3.63) is 22.4 Å². The molecular formula is C9H10ClF2NOS. The summed E-state index contributed by atoms with van der Waals surface area (Å²) in [6.45, 7) is -0.425. The maximum Gasteiger partial charge on any atom is 0.264 e. The molecule has 0 aromatic carbocycles. The van der Waals surface area contributed by atoms with Gasteiger partial charge in [-0.25, -0.2) is 8.78 Å². The summed E-state index contributed by atoms with van der Waals surface area (Å²) < 4.78 is 24.4. The Morgan fingerprint density at radius 1 is 1.60 bits per heavy atom. The van der Waals surface area contributed by atoms with Crippen LogP contribution in [0.5, 0.6) is 0 Å². The predicted molar refractivity (Wildman–Crippen MR) is 56.9 cm³/mol. The minimum Gasteiger partial charge on any atom is -0.331 e. The Morgan fingerprint density at radius 3 is 2.80 bits per heavy atom. The number of hydrogen-bond donors (Lipinski definition) is 0. The van der Waals surface area contributed by atoms with Crippen molar-refractivity contribution in [2.45, 2.75) is 6.43 Å². The van der Waals surface area contributed by atoms with Crippen LogP contribution in [0.4, 0.5) is 8.78 Å². The van der Waals surface area contributed by atoms with Crippen LogP contribution < -0.4 is 0 Å². The minimum atomic E-state index is -2.53. The maximum atomic E-state index is 12.2. The van der Waals surface area contributed by atoms with Gasteiger partial charge in [0.25, 0.3) is 12.3 Å². The first-order valence-electron chi connectivity index (χ1n) is 4.32. The molecule has 0 bridgehead atoms. The van der Waals surface area contributed by atoms with Crippen LogP contribution >= 0.6 is 22.9 Å². The molecule has 0 aliphatic heterocycles. The van der Waals surface area contributed by atoms with Gasteiger partial charge < -0.3 is 4.90 Å². The van der Waals surface area contributed by atoms with Crippen LogP contribution in [-0.4, -0.2) is 36.2 Å². The fourth-order valence-corrected chi connectivity index (χ4v) is 2.00. The second-order valence-corrected chi connectivity index (χ2v) is 4.13. The molecule has 1 aromatic rings. The quantitative estimate of drug-likeness (QED) is 0.739. The Hall–Kier alpha value is -0.680. The van der Waals surface area contributed by atoms with E-state index in [1.807, 2.05) is 0 Å². The summed E-state index contributed by atoms with van der Waals surface area (Å²) in [4.78, 5) is 13.2. The molecular weight excluding hydrogens is 244 g/mol. The average Bonchev–Trinajstić information content (AvgIpc) is 2.68. The molecule has 1 heterocycles. The van der Waals surface area contributed by atoms with Crippen LogP contribution in [0.15, 0.2) is 17.5 Å². The molecule has 15 heavy (non-hydrogen) atoms. The molecule has 2 nitrogen and oxygen atoms in total. The summed E-state index contributed by atoms with van der Waals surface area (Å²) in [6, 6.07) is 3.32. The predicted octanol–water partition coefficient (Wildman–Crippen LogP) is 2.69. The molecule has 1 rings (SSSR count). The number of carbonyl (C=O) groups excluding carboxylic acids is 1. The number of thiophene rings is 1. The lowest BCUT2D eigenvalue weighted by molar-refractivity contribution is 0.0575. The van der Waals surface area contributed by atoms with Gasteiger partial charge in [0.05, 0.1) is 11.4 Å². The summed E-state index contributed by atoms with van der Waals surface area (Å²) in [5.41, 5.74) is 0. The Kier molecular flexibility index (Phi) is 4.98. The molecule has 0 unspecified atom stereocenters. The van der Waals surface area contributed by atoms with Crippen LogP contribution in [0.25, 0.3) is 0 Å². The van der Waals surface area contributed by atoms with Gasteiger partial charge in [0.1, 0.15) is 0 Å². The van der Waals surface area contributed by atoms with Gasteiger partial charge in [-0.15, -0.1) is 22.9 Å². The third-order valence-electron chi connectivity index (χ3n) is 1.73. The van der Waals surface area contributed by atoms with Crippen LogP contribution in [0, 0.1) is 0 Å². The standard InChI is InChI=1S/C9H10ClF2NOS/c10-3-4-13(6-8(11)12)9(14)7-2-1-5-15-7/h1-2,5,8H,3-4,6H2. The van der Waals surface area contributed by atoms with Crippen molar-refractivity contribution in [2.24, 2.45) is 0 Å². The smallest absolute Gasteiger partial charge is 0.264 e. The zero-order valence-corrected chi connectivity index (χ0v) is 9.40. The molecule has 6 heteroatoms. The van der Waals surface area contributed by atoms with E-state index in [0.717, 1.165) is 4.90 Å². The highest BCUT2D eigenvalue weighted by Crippen LogP contribution is 2.13. The third-order valence-corrected chi connectivity index (χ3v) is 2.76. The lowest BCUT2D eigenvalue weighted by atomic mass is 10.4. The van der Waals surface area contributed by atoms with Gasteiger partial charge in [0.2, 0.25) is 0 Å². The SMILES string of the molecule is O=C(c1cccs1)N(CCCl)CC(F)F. The summed E-state index contributed by atoms with van der Waals surface area (Å²) in [6.07, 6.45) is -2.53. The Balaban J connectivity index is 2.67. The monoisotopic (exact) mass is 253 g/mol.